The van der Waals surface area contributed by atoms with Crippen LogP contribution in [0.4, 0.5) is 0 Å². The zero-order valence-electron chi connectivity index (χ0n) is 13.6. The number of fused-ring (bicyclic) bond motifs is 1. The monoisotopic (exact) mass is 302 g/mol. The van der Waals surface area contributed by atoms with Crippen molar-refractivity contribution in [3.05, 3.63) is 71.3 Å². The Bertz CT molecular complexity index is 771. The van der Waals surface area contributed by atoms with Crippen LogP contribution in [0.2, 0.25) is 0 Å². The Hall–Kier alpha value is -2.35. The van der Waals surface area contributed by atoms with Crippen molar-refractivity contribution in [1.29, 1.82) is 0 Å². The van der Waals surface area contributed by atoms with E-state index in [1.54, 1.807) is 0 Å². The van der Waals surface area contributed by atoms with Crippen LogP contribution < -0.4 is 0 Å². The summed E-state index contributed by atoms with van der Waals surface area (Å²) >= 11 is 0. The summed E-state index contributed by atoms with van der Waals surface area (Å²) < 4.78 is 0. The Labute approximate surface area is 138 Å². The first kappa shape index (κ1) is 14.3. The van der Waals surface area contributed by atoms with Gasteiger partial charge in [-0.3, -0.25) is 4.99 Å². The molecule has 23 heavy (non-hydrogen) atoms. The summed E-state index contributed by atoms with van der Waals surface area (Å²) in [7, 11) is 0. The summed E-state index contributed by atoms with van der Waals surface area (Å²) in [4.78, 5) is 7.22. The minimum absolute atomic E-state index is 0.951. The molecule has 0 saturated heterocycles. The predicted molar refractivity (Wildman–Crippen MR) is 96.8 cm³/mol. The maximum Gasteiger partial charge on any atom is 0.127 e. The molecule has 0 amide bonds. The molecule has 0 N–H and O–H groups in total. The van der Waals surface area contributed by atoms with Crippen LogP contribution in [0.25, 0.3) is 11.1 Å². The van der Waals surface area contributed by atoms with Crippen LogP contribution in [-0.2, 0) is 6.42 Å². The summed E-state index contributed by atoms with van der Waals surface area (Å²) in [6.45, 7) is 5.45. The lowest BCUT2D eigenvalue weighted by atomic mass is 9.90. The Balaban J connectivity index is 1.72. The fraction of sp³-hybridized carbons (Fsp3) is 0.286. The van der Waals surface area contributed by atoms with Crippen LogP contribution in [-0.4, -0.2) is 30.4 Å². The van der Waals surface area contributed by atoms with Crippen molar-refractivity contribution in [3.8, 4) is 11.1 Å². The van der Waals surface area contributed by atoms with E-state index in [4.69, 9.17) is 4.99 Å². The number of benzene rings is 2. The van der Waals surface area contributed by atoms with Crippen LogP contribution in [0.5, 0.6) is 0 Å². The number of hydrogen-bond donors (Lipinski definition) is 0. The van der Waals surface area contributed by atoms with E-state index < -0.39 is 0 Å². The van der Waals surface area contributed by atoms with Gasteiger partial charge in [-0.05, 0) is 35.6 Å². The largest absolute Gasteiger partial charge is 0.355 e. The molecule has 0 atom stereocenters. The summed E-state index contributed by atoms with van der Waals surface area (Å²) in [5.41, 5.74) is 6.97. The van der Waals surface area contributed by atoms with Gasteiger partial charge in [-0.25, -0.2) is 0 Å². The highest BCUT2D eigenvalue weighted by atomic mass is 15.2. The van der Waals surface area contributed by atoms with Gasteiger partial charge in [0, 0.05) is 19.5 Å². The Kier molecular flexibility index (Phi) is 3.74. The zero-order chi connectivity index (χ0) is 15.6. The summed E-state index contributed by atoms with van der Waals surface area (Å²) in [6, 6.07) is 19.5. The fourth-order valence-electron chi connectivity index (χ4n) is 3.63. The van der Waals surface area contributed by atoms with E-state index in [1.165, 1.54) is 40.1 Å². The van der Waals surface area contributed by atoms with Gasteiger partial charge < -0.3 is 4.90 Å². The Morgan fingerprint density at radius 3 is 2.61 bits per heavy atom. The number of hydrogen-bond acceptors (Lipinski definition) is 2. The van der Waals surface area contributed by atoms with Crippen molar-refractivity contribution in [2.75, 3.05) is 19.6 Å². The minimum atomic E-state index is 0.951. The summed E-state index contributed by atoms with van der Waals surface area (Å²) in [5.74, 6) is 1.25. The molecule has 2 aliphatic rings. The quantitative estimate of drug-likeness (QED) is 0.824. The minimum Gasteiger partial charge on any atom is -0.355 e. The highest BCUT2D eigenvalue weighted by Gasteiger charge is 2.26. The lowest BCUT2D eigenvalue weighted by molar-refractivity contribution is 0.448. The first-order valence-corrected chi connectivity index (χ1v) is 8.44. The number of amidine groups is 1. The van der Waals surface area contributed by atoms with Crippen molar-refractivity contribution in [2.24, 2.45) is 4.99 Å². The van der Waals surface area contributed by atoms with Crippen LogP contribution in [0, 0.1) is 0 Å². The molecule has 0 spiro atoms. The first-order valence-electron chi connectivity index (χ1n) is 8.44. The van der Waals surface area contributed by atoms with Gasteiger partial charge in [0.25, 0.3) is 0 Å². The molecule has 0 radical (unpaired) electrons. The third-order valence-corrected chi connectivity index (χ3v) is 4.94. The maximum atomic E-state index is 4.77. The zero-order valence-corrected chi connectivity index (χ0v) is 13.6. The smallest absolute Gasteiger partial charge is 0.127 e. The van der Waals surface area contributed by atoms with Gasteiger partial charge in [-0.1, -0.05) is 60.2 Å². The van der Waals surface area contributed by atoms with Crippen molar-refractivity contribution >= 4 is 5.84 Å². The van der Waals surface area contributed by atoms with E-state index in [0.29, 0.717) is 0 Å². The lowest BCUT2D eigenvalue weighted by Gasteiger charge is -2.29. The molecule has 2 heteroatoms. The molecule has 2 nitrogen and oxygen atoms in total. The Morgan fingerprint density at radius 1 is 0.957 bits per heavy atom. The molecule has 0 unspecified atom stereocenters. The molecule has 0 saturated carbocycles. The lowest BCUT2D eigenvalue weighted by Crippen LogP contribution is -2.34. The second-order valence-electron chi connectivity index (χ2n) is 6.40. The molecule has 116 valence electrons. The number of aliphatic imine (C=N–C) groups is 1. The van der Waals surface area contributed by atoms with E-state index >= 15 is 0 Å². The number of rotatable bonds is 3. The standard InChI is InChI=1S/C21H22N2/c1-16-11-13-23-14-12-22-21(23)20(16)15-18-9-5-6-10-19(18)17-7-3-2-4-8-17/h2-10H,11-15H2,1H3. The maximum absolute atomic E-state index is 4.77. The molecule has 0 aromatic heterocycles. The van der Waals surface area contributed by atoms with Crippen LogP contribution in [0.3, 0.4) is 0 Å². The molecular formula is C21H22N2. The van der Waals surface area contributed by atoms with Crippen molar-refractivity contribution in [1.82, 2.24) is 4.90 Å². The van der Waals surface area contributed by atoms with Gasteiger partial charge in [0.1, 0.15) is 5.84 Å². The molecular weight excluding hydrogens is 280 g/mol. The highest BCUT2D eigenvalue weighted by Crippen LogP contribution is 2.30. The molecule has 2 aromatic rings. The molecule has 2 heterocycles. The van der Waals surface area contributed by atoms with Crippen LogP contribution in [0.1, 0.15) is 18.9 Å². The molecule has 2 aromatic carbocycles. The fourth-order valence-corrected chi connectivity index (χ4v) is 3.63. The van der Waals surface area contributed by atoms with E-state index in [9.17, 15) is 0 Å². The molecule has 0 aliphatic carbocycles. The van der Waals surface area contributed by atoms with Gasteiger partial charge in [-0.15, -0.1) is 0 Å². The molecule has 0 bridgehead atoms. The third-order valence-electron chi connectivity index (χ3n) is 4.94. The second kappa shape index (κ2) is 6.04. The second-order valence-corrected chi connectivity index (χ2v) is 6.40. The predicted octanol–water partition coefficient (Wildman–Crippen LogP) is 4.33. The first-order chi connectivity index (χ1) is 11.3. The van der Waals surface area contributed by atoms with Gasteiger partial charge in [0.15, 0.2) is 0 Å². The molecule has 2 aliphatic heterocycles. The topological polar surface area (TPSA) is 15.6 Å². The number of nitrogens with zero attached hydrogens (tertiary/aromatic N) is 2. The van der Waals surface area contributed by atoms with Crippen LogP contribution in [0.15, 0.2) is 70.7 Å². The van der Waals surface area contributed by atoms with E-state index in [2.05, 4.69) is 66.4 Å². The average molecular weight is 302 g/mol. The van der Waals surface area contributed by atoms with Gasteiger partial charge in [0.2, 0.25) is 0 Å². The van der Waals surface area contributed by atoms with Gasteiger partial charge >= 0.3 is 0 Å². The van der Waals surface area contributed by atoms with Gasteiger partial charge in [-0.2, -0.15) is 0 Å². The van der Waals surface area contributed by atoms with E-state index in [-0.39, 0.29) is 0 Å². The molecule has 4 rings (SSSR count). The van der Waals surface area contributed by atoms with Gasteiger partial charge in [0.05, 0.1) is 6.54 Å². The summed E-state index contributed by atoms with van der Waals surface area (Å²) in [6.07, 6.45) is 2.15. The molecule has 0 fully saturated rings. The van der Waals surface area contributed by atoms with E-state index in [0.717, 1.165) is 26.1 Å². The average Bonchev–Trinajstić information content (AvgIpc) is 3.08. The highest BCUT2D eigenvalue weighted by molar-refractivity contribution is 6.01. The SMILES string of the molecule is CC1=C(Cc2ccccc2-c2ccccc2)C2=NCCN2CC1. The summed E-state index contributed by atoms with van der Waals surface area (Å²) in [5, 5.41) is 0. The van der Waals surface area contributed by atoms with Crippen molar-refractivity contribution < 1.29 is 0 Å². The van der Waals surface area contributed by atoms with Crippen molar-refractivity contribution in [2.45, 2.75) is 19.8 Å². The van der Waals surface area contributed by atoms with Crippen LogP contribution >= 0.6 is 0 Å². The normalized spacial score (nSPS) is 17.3. The van der Waals surface area contributed by atoms with Crippen molar-refractivity contribution in [3.63, 3.8) is 0 Å². The third kappa shape index (κ3) is 2.70. The van der Waals surface area contributed by atoms with E-state index in [1.807, 2.05) is 0 Å². The Morgan fingerprint density at radius 2 is 1.74 bits per heavy atom.